The number of anilines is 1. The molecule has 1 fully saturated rings. The van der Waals surface area contributed by atoms with Crippen LogP contribution in [0.3, 0.4) is 0 Å². The van der Waals surface area contributed by atoms with E-state index in [2.05, 4.69) is 4.98 Å². The normalized spacial score (nSPS) is 18.7. The molecule has 0 aliphatic carbocycles. The third-order valence-electron chi connectivity index (χ3n) is 2.76. The molecule has 0 N–H and O–H groups in total. The standard InChI is InChI=1S/C10H10ClF2N3O2/c11-9-4-7(8(5-14-9)16(17)18)15-3-1-2-10(12,13)6-15/h4-5H,1-3,6H2. The van der Waals surface area contributed by atoms with Crippen molar-refractivity contribution >= 4 is 23.0 Å². The molecule has 1 aromatic heterocycles. The van der Waals surface area contributed by atoms with Crippen molar-refractivity contribution in [2.24, 2.45) is 0 Å². The van der Waals surface area contributed by atoms with Gasteiger partial charge in [0, 0.05) is 19.0 Å². The summed E-state index contributed by atoms with van der Waals surface area (Å²) < 4.78 is 26.6. The summed E-state index contributed by atoms with van der Waals surface area (Å²) in [5, 5.41) is 10.9. The van der Waals surface area contributed by atoms with E-state index in [1.165, 1.54) is 11.0 Å². The van der Waals surface area contributed by atoms with Gasteiger partial charge >= 0.3 is 5.69 Å². The summed E-state index contributed by atoms with van der Waals surface area (Å²) in [6, 6.07) is 1.25. The Hall–Kier alpha value is -1.50. The Kier molecular flexibility index (Phi) is 3.34. The average Bonchev–Trinajstić information content (AvgIpc) is 2.27. The molecule has 98 valence electrons. The number of hydrogen-bond acceptors (Lipinski definition) is 4. The maximum absolute atomic E-state index is 13.3. The van der Waals surface area contributed by atoms with Crippen molar-refractivity contribution < 1.29 is 13.7 Å². The monoisotopic (exact) mass is 277 g/mol. The lowest BCUT2D eigenvalue weighted by atomic mass is 10.1. The number of aromatic nitrogens is 1. The van der Waals surface area contributed by atoms with Gasteiger partial charge in [0.05, 0.1) is 11.5 Å². The summed E-state index contributed by atoms with van der Waals surface area (Å²) in [6.07, 6.45) is 1.07. The Morgan fingerprint density at radius 2 is 2.28 bits per heavy atom. The number of halogens is 3. The minimum Gasteiger partial charge on any atom is -0.360 e. The van der Waals surface area contributed by atoms with Gasteiger partial charge in [0.2, 0.25) is 0 Å². The smallest absolute Gasteiger partial charge is 0.310 e. The highest BCUT2D eigenvalue weighted by Crippen LogP contribution is 2.35. The van der Waals surface area contributed by atoms with Crippen molar-refractivity contribution in [2.45, 2.75) is 18.8 Å². The Morgan fingerprint density at radius 3 is 2.89 bits per heavy atom. The van der Waals surface area contributed by atoms with Crippen LogP contribution in [0.4, 0.5) is 20.2 Å². The fourth-order valence-corrected chi connectivity index (χ4v) is 2.13. The first-order chi connectivity index (χ1) is 8.39. The molecule has 0 saturated carbocycles. The van der Waals surface area contributed by atoms with E-state index in [1.54, 1.807) is 0 Å². The first kappa shape index (κ1) is 12.9. The zero-order chi connectivity index (χ0) is 13.3. The molecular weight excluding hydrogens is 268 g/mol. The maximum atomic E-state index is 13.3. The molecule has 2 rings (SSSR count). The van der Waals surface area contributed by atoms with Crippen LogP contribution >= 0.6 is 11.6 Å². The maximum Gasteiger partial charge on any atom is 0.310 e. The van der Waals surface area contributed by atoms with Crippen LogP contribution in [0.15, 0.2) is 12.3 Å². The average molecular weight is 278 g/mol. The Balaban J connectivity index is 2.37. The molecule has 0 aromatic carbocycles. The van der Waals surface area contributed by atoms with Gasteiger partial charge in [0.1, 0.15) is 17.0 Å². The lowest BCUT2D eigenvalue weighted by molar-refractivity contribution is -0.384. The van der Waals surface area contributed by atoms with Gasteiger partial charge in [0.25, 0.3) is 5.92 Å². The third kappa shape index (κ3) is 2.66. The van der Waals surface area contributed by atoms with E-state index >= 15 is 0 Å². The number of rotatable bonds is 2. The number of alkyl halides is 2. The van der Waals surface area contributed by atoms with Crippen molar-refractivity contribution in [2.75, 3.05) is 18.0 Å². The number of pyridine rings is 1. The van der Waals surface area contributed by atoms with Gasteiger partial charge in [-0.3, -0.25) is 10.1 Å². The number of nitro groups is 1. The van der Waals surface area contributed by atoms with Crippen LogP contribution in [0.2, 0.25) is 5.15 Å². The predicted molar refractivity (Wildman–Crippen MR) is 62.3 cm³/mol. The molecule has 0 amide bonds. The molecule has 0 spiro atoms. The van der Waals surface area contributed by atoms with Crippen molar-refractivity contribution in [1.82, 2.24) is 4.98 Å². The van der Waals surface area contributed by atoms with Crippen LogP contribution in [0, 0.1) is 10.1 Å². The van der Waals surface area contributed by atoms with Gasteiger partial charge in [-0.15, -0.1) is 0 Å². The summed E-state index contributed by atoms with van der Waals surface area (Å²) >= 11 is 5.66. The van der Waals surface area contributed by atoms with Gasteiger partial charge in [-0.25, -0.2) is 13.8 Å². The van der Waals surface area contributed by atoms with Crippen molar-refractivity contribution in [3.8, 4) is 0 Å². The summed E-state index contributed by atoms with van der Waals surface area (Å²) in [6.45, 7) is -0.190. The van der Waals surface area contributed by atoms with Gasteiger partial charge in [-0.05, 0) is 6.42 Å². The molecule has 1 aromatic rings. The lowest BCUT2D eigenvalue weighted by Crippen LogP contribution is -2.42. The van der Waals surface area contributed by atoms with Gasteiger partial charge in [-0.1, -0.05) is 11.6 Å². The zero-order valence-corrected chi connectivity index (χ0v) is 10.0. The van der Waals surface area contributed by atoms with Crippen LogP contribution in [0.1, 0.15) is 12.8 Å². The van der Waals surface area contributed by atoms with Crippen LogP contribution in [0.25, 0.3) is 0 Å². The molecule has 2 heterocycles. The van der Waals surface area contributed by atoms with E-state index in [0.29, 0.717) is 6.54 Å². The molecule has 5 nitrogen and oxygen atoms in total. The zero-order valence-electron chi connectivity index (χ0n) is 9.28. The highest BCUT2D eigenvalue weighted by atomic mass is 35.5. The third-order valence-corrected chi connectivity index (χ3v) is 2.97. The second kappa shape index (κ2) is 4.64. The molecule has 0 radical (unpaired) electrons. The molecule has 0 bridgehead atoms. The molecule has 1 aliphatic heterocycles. The topological polar surface area (TPSA) is 59.3 Å². The minimum atomic E-state index is -2.83. The first-order valence-corrected chi connectivity index (χ1v) is 5.69. The molecule has 0 atom stereocenters. The number of piperidine rings is 1. The second-order valence-electron chi connectivity index (χ2n) is 4.13. The Bertz CT molecular complexity index is 484. The van der Waals surface area contributed by atoms with Crippen molar-refractivity contribution in [3.63, 3.8) is 0 Å². The number of nitrogens with zero attached hydrogens (tertiary/aromatic N) is 3. The van der Waals surface area contributed by atoms with Crippen LogP contribution in [-0.2, 0) is 0 Å². The van der Waals surface area contributed by atoms with Crippen molar-refractivity contribution in [3.05, 3.63) is 27.5 Å². The van der Waals surface area contributed by atoms with Crippen molar-refractivity contribution in [1.29, 1.82) is 0 Å². The predicted octanol–water partition coefficient (Wildman–Crippen LogP) is 2.88. The molecule has 18 heavy (non-hydrogen) atoms. The Morgan fingerprint density at radius 1 is 1.56 bits per heavy atom. The number of hydrogen-bond donors (Lipinski definition) is 0. The van der Waals surface area contributed by atoms with E-state index < -0.39 is 17.4 Å². The molecule has 1 aliphatic rings. The van der Waals surface area contributed by atoms with E-state index in [4.69, 9.17) is 11.6 Å². The first-order valence-electron chi connectivity index (χ1n) is 5.32. The summed E-state index contributed by atoms with van der Waals surface area (Å²) in [5.74, 6) is -2.83. The van der Waals surface area contributed by atoms with Gasteiger partial charge in [0.15, 0.2) is 0 Å². The fraction of sp³-hybridized carbons (Fsp3) is 0.500. The van der Waals surface area contributed by atoms with Gasteiger partial charge in [-0.2, -0.15) is 0 Å². The second-order valence-corrected chi connectivity index (χ2v) is 4.52. The quantitative estimate of drug-likeness (QED) is 0.474. The van der Waals surface area contributed by atoms with Gasteiger partial charge < -0.3 is 4.90 Å². The Labute approximate surface area is 107 Å². The fourth-order valence-electron chi connectivity index (χ4n) is 1.98. The largest absolute Gasteiger partial charge is 0.360 e. The molecular formula is C10H10ClF2N3O2. The summed E-state index contributed by atoms with van der Waals surface area (Å²) in [4.78, 5) is 15.1. The lowest BCUT2D eigenvalue weighted by Gasteiger charge is -2.33. The highest BCUT2D eigenvalue weighted by Gasteiger charge is 2.37. The minimum absolute atomic E-state index is 0.0458. The summed E-state index contributed by atoms with van der Waals surface area (Å²) in [7, 11) is 0. The molecule has 8 heteroatoms. The molecule has 0 unspecified atom stereocenters. The van der Waals surface area contributed by atoms with E-state index in [1.807, 2.05) is 0 Å². The molecule has 1 saturated heterocycles. The van der Waals surface area contributed by atoms with Crippen LogP contribution in [0.5, 0.6) is 0 Å². The van der Waals surface area contributed by atoms with Crippen LogP contribution in [-0.4, -0.2) is 28.9 Å². The summed E-state index contributed by atoms with van der Waals surface area (Å²) in [5.41, 5.74) is -0.212. The van der Waals surface area contributed by atoms with Crippen LogP contribution < -0.4 is 4.90 Å². The van der Waals surface area contributed by atoms with E-state index in [-0.39, 0.29) is 29.4 Å². The van der Waals surface area contributed by atoms with E-state index in [9.17, 15) is 18.9 Å². The van der Waals surface area contributed by atoms with E-state index in [0.717, 1.165) is 6.20 Å². The SMILES string of the molecule is O=[N+]([O-])c1cnc(Cl)cc1N1CCCC(F)(F)C1. The highest BCUT2D eigenvalue weighted by molar-refractivity contribution is 6.29.